The van der Waals surface area contributed by atoms with E-state index in [4.69, 9.17) is 0 Å². The second kappa shape index (κ2) is 7.99. The summed E-state index contributed by atoms with van der Waals surface area (Å²) in [6.07, 6.45) is 2.63. The van der Waals surface area contributed by atoms with E-state index in [0.717, 1.165) is 24.1 Å². The van der Waals surface area contributed by atoms with E-state index in [-0.39, 0.29) is 17.9 Å². The number of thiazole rings is 1. The monoisotopic (exact) mass is 371 g/mol. The van der Waals surface area contributed by atoms with Gasteiger partial charge in [-0.15, -0.1) is 11.3 Å². The number of hydrogen-bond donors (Lipinski definition) is 1. The van der Waals surface area contributed by atoms with Crippen molar-refractivity contribution in [1.29, 1.82) is 0 Å². The van der Waals surface area contributed by atoms with E-state index in [1.54, 1.807) is 4.90 Å². The molecule has 1 N–H and O–H groups in total. The van der Waals surface area contributed by atoms with Gasteiger partial charge in [0, 0.05) is 24.4 Å². The van der Waals surface area contributed by atoms with E-state index in [9.17, 15) is 9.59 Å². The molecule has 1 aromatic carbocycles. The molecule has 5 nitrogen and oxygen atoms in total. The molecule has 138 valence electrons. The molecule has 0 aliphatic carbocycles. The van der Waals surface area contributed by atoms with Crippen molar-refractivity contribution in [2.75, 3.05) is 11.9 Å². The molecule has 0 saturated carbocycles. The Morgan fingerprint density at radius 3 is 2.62 bits per heavy atom. The summed E-state index contributed by atoms with van der Waals surface area (Å²) in [5.74, 6) is 0.305. The highest BCUT2D eigenvalue weighted by Crippen LogP contribution is 2.27. The first-order valence-electron chi connectivity index (χ1n) is 9.09. The molecule has 2 amide bonds. The van der Waals surface area contributed by atoms with E-state index in [1.807, 2.05) is 5.38 Å². The van der Waals surface area contributed by atoms with Gasteiger partial charge in [-0.1, -0.05) is 38.1 Å². The van der Waals surface area contributed by atoms with Crippen LogP contribution in [0.15, 0.2) is 29.6 Å². The van der Waals surface area contributed by atoms with Gasteiger partial charge in [-0.05, 0) is 30.7 Å². The van der Waals surface area contributed by atoms with Gasteiger partial charge < -0.3 is 10.2 Å². The van der Waals surface area contributed by atoms with Crippen molar-refractivity contribution < 1.29 is 9.59 Å². The minimum atomic E-state index is -0.390. The van der Waals surface area contributed by atoms with Crippen LogP contribution in [-0.2, 0) is 9.59 Å². The predicted molar refractivity (Wildman–Crippen MR) is 105 cm³/mol. The van der Waals surface area contributed by atoms with Crippen molar-refractivity contribution in [1.82, 2.24) is 9.88 Å². The van der Waals surface area contributed by atoms with Crippen LogP contribution in [0, 0.1) is 0 Å². The number of amides is 2. The zero-order valence-corrected chi connectivity index (χ0v) is 16.3. The normalized spacial score (nSPS) is 17.4. The minimum Gasteiger partial charge on any atom is -0.331 e. The number of carbonyl (C=O) groups excluding carboxylic acids is 2. The number of aromatic nitrogens is 1. The van der Waals surface area contributed by atoms with Gasteiger partial charge in [-0.2, -0.15) is 0 Å². The predicted octanol–water partition coefficient (Wildman–Crippen LogP) is 4.27. The number of nitrogens with one attached hydrogen (secondary N) is 1. The summed E-state index contributed by atoms with van der Waals surface area (Å²) in [7, 11) is 0. The molecular weight excluding hydrogens is 346 g/mol. The Balaban J connectivity index is 1.69. The van der Waals surface area contributed by atoms with E-state index >= 15 is 0 Å². The van der Waals surface area contributed by atoms with Gasteiger partial charge in [0.2, 0.25) is 11.8 Å². The van der Waals surface area contributed by atoms with Gasteiger partial charge in [0.15, 0.2) is 5.13 Å². The lowest BCUT2D eigenvalue weighted by atomic mass is 10.0. The van der Waals surface area contributed by atoms with E-state index in [0.29, 0.717) is 24.0 Å². The zero-order chi connectivity index (χ0) is 18.7. The Hall–Kier alpha value is -2.21. The molecule has 3 rings (SSSR count). The van der Waals surface area contributed by atoms with Gasteiger partial charge in [0.1, 0.15) is 6.04 Å². The van der Waals surface area contributed by atoms with Crippen molar-refractivity contribution in [3.05, 3.63) is 35.2 Å². The largest absolute Gasteiger partial charge is 0.331 e. The maximum atomic E-state index is 12.6. The molecular formula is C20H25N3O2S. The molecule has 1 fully saturated rings. The molecule has 1 aliphatic rings. The highest BCUT2D eigenvalue weighted by Gasteiger charge is 2.30. The number of piperidine rings is 1. The second-order valence-corrected chi connectivity index (χ2v) is 7.89. The number of anilines is 1. The summed E-state index contributed by atoms with van der Waals surface area (Å²) in [6.45, 7) is 6.51. The molecule has 1 unspecified atom stereocenters. The first-order chi connectivity index (χ1) is 12.5. The lowest BCUT2D eigenvalue weighted by molar-refractivity contribution is -0.138. The molecule has 1 aliphatic heterocycles. The molecule has 2 aromatic rings. The fraction of sp³-hybridized carbons (Fsp3) is 0.450. The number of benzene rings is 1. The summed E-state index contributed by atoms with van der Waals surface area (Å²) >= 11 is 1.41. The molecule has 6 heteroatoms. The highest BCUT2D eigenvalue weighted by molar-refractivity contribution is 7.14. The summed E-state index contributed by atoms with van der Waals surface area (Å²) in [5, 5.41) is 5.41. The van der Waals surface area contributed by atoms with Crippen LogP contribution in [0.25, 0.3) is 11.3 Å². The Morgan fingerprint density at radius 1 is 1.23 bits per heavy atom. The Morgan fingerprint density at radius 2 is 1.96 bits per heavy atom. The molecule has 1 saturated heterocycles. The SMILES string of the molecule is CC(=O)N1CCCCC1C(=O)Nc1nc(-c2ccc(C(C)C)cc2)cs1. The Kier molecular flexibility index (Phi) is 5.71. The lowest BCUT2D eigenvalue weighted by Crippen LogP contribution is -2.49. The molecule has 1 atom stereocenters. The maximum absolute atomic E-state index is 12.6. The molecule has 26 heavy (non-hydrogen) atoms. The first-order valence-corrected chi connectivity index (χ1v) is 9.97. The van der Waals surface area contributed by atoms with Gasteiger partial charge >= 0.3 is 0 Å². The van der Waals surface area contributed by atoms with E-state index in [2.05, 4.69) is 48.4 Å². The highest BCUT2D eigenvalue weighted by atomic mass is 32.1. The maximum Gasteiger partial charge on any atom is 0.248 e. The van der Waals surface area contributed by atoms with Gasteiger partial charge in [0.05, 0.1) is 5.69 Å². The van der Waals surface area contributed by atoms with Crippen molar-refractivity contribution in [3.63, 3.8) is 0 Å². The molecule has 0 spiro atoms. The third kappa shape index (κ3) is 4.12. The summed E-state index contributed by atoms with van der Waals surface area (Å²) in [5.41, 5.74) is 3.18. The zero-order valence-electron chi connectivity index (χ0n) is 15.5. The minimum absolute atomic E-state index is 0.0464. The number of rotatable bonds is 4. The number of nitrogens with zero attached hydrogens (tertiary/aromatic N) is 2. The van der Waals surface area contributed by atoms with Crippen molar-refractivity contribution in [2.45, 2.75) is 52.0 Å². The van der Waals surface area contributed by atoms with Crippen molar-refractivity contribution in [3.8, 4) is 11.3 Å². The van der Waals surface area contributed by atoms with Gasteiger partial charge in [-0.3, -0.25) is 9.59 Å². The van der Waals surface area contributed by atoms with Gasteiger partial charge in [0.25, 0.3) is 0 Å². The third-order valence-corrected chi connectivity index (χ3v) is 5.58. The van der Waals surface area contributed by atoms with Crippen molar-refractivity contribution in [2.24, 2.45) is 0 Å². The molecule has 1 aromatic heterocycles. The van der Waals surface area contributed by atoms with Crippen LogP contribution in [0.5, 0.6) is 0 Å². The van der Waals surface area contributed by atoms with Crippen LogP contribution >= 0.6 is 11.3 Å². The van der Waals surface area contributed by atoms with Crippen LogP contribution in [-0.4, -0.2) is 34.3 Å². The van der Waals surface area contributed by atoms with Crippen LogP contribution in [0.3, 0.4) is 0 Å². The number of hydrogen-bond acceptors (Lipinski definition) is 4. The molecule has 0 bridgehead atoms. The second-order valence-electron chi connectivity index (χ2n) is 7.03. The average Bonchev–Trinajstić information content (AvgIpc) is 3.10. The van der Waals surface area contributed by atoms with Crippen LogP contribution in [0.1, 0.15) is 51.5 Å². The Bertz CT molecular complexity index is 783. The molecule has 2 heterocycles. The van der Waals surface area contributed by atoms with Crippen LogP contribution < -0.4 is 5.32 Å². The van der Waals surface area contributed by atoms with Crippen LogP contribution in [0.2, 0.25) is 0 Å². The smallest absolute Gasteiger partial charge is 0.248 e. The number of likely N-dealkylation sites (tertiary alicyclic amines) is 1. The average molecular weight is 372 g/mol. The fourth-order valence-corrected chi connectivity index (χ4v) is 3.99. The summed E-state index contributed by atoms with van der Waals surface area (Å²) < 4.78 is 0. The third-order valence-electron chi connectivity index (χ3n) is 4.82. The first kappa shape index (κ1) is 18.6. The lowest BCUT2D eigenvalue weighted by Gasteiger charge is -2.33. The summed E-state index contributed by atoms with van der Waals surface area (Å²) in [6, 6.07) is 7.97. The van der Waals surface area contributed by atoms with E-state index < -0.39 is 0 Å². The standard InChI is InChI=1S/C20H25N3O2S/c1-13(2)15-7-9-16(10-8-15)17-12-26-20(21-17)22-19(25)18-6-4-5-11-23(18)14(3)24/h7-10,12-13,18H,4-6,11H2,1-3H3,(H,21,22,25). The Labute approximate surface area is 158 Å². The quantitative estimate of drug-likeness (QED) is 0.873. The number of carbonyl (C=O) groups is 2. The van der Waals surface area contributed by atoms with Crippen molar-refractivity contribution >= 4 is 28.3 Å². The summed E-state index contributed by atoms with van der Waals surface area (Å²) in [4.78, 5) is 30.6. The fourth-order valence-electron chi connectivity index (χ4n) is 3.27. The van der Waals surface area contributed by atoms with Gasteiger partial charge in [-0.25, -0.2) is 4.98 Å². The van der Waals surface area contributed by atoms with Crippen LogP contribution in [0.4, 0.5) is 5.13 Å². The van der Waals surface area contributed by atoms with E-state index in [1.165, 1.54) is 23.8 Å². The topological polar surface area (TPSA) is 62.3 Å². The molecule has 0 radical (unpaired) electrons.